The molecule has 1 amide bonds. The lowest BCUT2D eigenvalue weighted by atomic mass is 10.0. The van der Waals surface area contributed by atoms with Crippen molar-refractivity contribution in [1.82, 2.24) is 10.2 Å². The van der Waals surface area contributed by atoms with E-state index in [9.17, 15) is 4.79 Å². The summed E-state index contributed by atoms with van der Waals surface area (Å²) < 4.78 is 1.05. The normalized spacial score (nSPS) is 16.9. The highest BCUT2D eigenvalue weighted by molar-refractivity contribution is 9.10. The SMILES string of the molecule is CNC1CCN(C(=O)Cc2ccc(Br)cc2)CC1. The fraction of sp³-hybridized carbons (Fsp3) is 0.500. The van der Waals surface area contributed by atoms with Crippen LogP contribution in [-0.4, -0.2) is 37.0 Å². The van der Waals surface area contributed by atoms with Crippen molar-refractivity contribution in [2.75, 3.05) is 20.1 Å². The van der Waals surface area contributed by atoms with Crippen molar-refractivity contribution in [3.63, 3.8) is 0 Å². The number of nitrogens with zero attached hydrogens (tertiary/aromatic N) is 1. The zero-order chi connectivity index (χ0) is 13.0. The van der Waals surface area contributed by atoms with Crippen molar-refractivity contribution in [3.8, 4) is 0 Å². The molecule has 1 aliphatic heterocycles. The predicted molar refractivity (Wildman–Crippen MR) is 76.5 cm³/mol. The van der Waals surface area contributed by atoms with Gasteiger partial charge in [-0.1, -0.05) is 28.1 Å². The molecule has 1 N–H and O–H groups in total. The molecule has 0 bridgehead atoms. The molecule has 18 heavy (non-hydrogen) atoms. The lowest BCUT2D eigenvalue weighted by Crippen LogP contribution is -2.44. The van der Waals surface area contributed by atoms with Gasteiger partial charge < -0.3 is 10.2 Å². The van der Waals surface area contributed by atoms with Crippen LogP contribution in [0.4, 0.5) is 0 Å². The molecule has 0 saturated carbocycles. The molecule has 0 radical (unpaired) electrons. The third kappa shape index (κ3) is 3.56. The number of piperidine rings is 1. The summed E-state index contributed by atoms with van der Waals surface area (Å²) in [6.45, 7) is 1.75. The second kappa shape index (κ2) is 6.34. The van der Waals surface area contributed by atoms with Crippen LogP contribution in [-0.2, 0) is 11.2 Å². The second-order valence-corrected chi connectivity index (χ2v) is 5.66. The molecule has 98 valence electrons. The van der Waals surface area contributed by atoms with E-state index in [1.54, 1.807) is 0 Å². The fourth-order valence-corrected chi connectivity index (χ4v) is 2.57. The molecule has 3 nitrogen and oxygen atoms in total. The van der Waals surface area contributed by atoms with Gasteiger partial charge >= 0.3 is 0 Å². The highest BCUT2D eigenvalue weighted by atomic mass is 79.9. The molecule has 4 heteroatoms. The maximum Gasteiger partial charge on any atom is 0.226 e. The van der Waals surface area contributed by atoms with Crippen molar-refractivity contribution in [2.24, 2.45) is 0 Å². The minimum absolute atomic E-state index is 0.242. The largest absolute Gasteiger partial charge is 0.342 e. The van der Waals surface area contributed by atoms with Crippen molar-refractivity contribution < 1.29 is 4.79 Å². The molecular formula is C14H19BrN2O. The predicted octanol–water partition coefficient (Wildman–Crippen LogP) is 2.20. The monoisotopic (exact) mass is 310 g/mol. The van der Waals surface area contributed by atoms with E-state index in [-0.39, 0.29) is 5.91 Å². The van der Waals surface area contributed by atoms with Gasteiger partial charge in [0.05, 0.1) is 6.42 Å². The van der Waals surface area contributed by atoms with Crippen molar-refractivity contribution >= 4 is 21.8 Å². The number of hydrogen-bond donors (Lipinski definition) is 1. The first kappa shape index (κ1) is 13.6. The first-order valence-corrected chi connectivity index (χ1v) is 7.18. The zero-order valence-electron chi connectivity index (χ0n) is 10.7. The van der Waals surface area contributed by atoms with Crippen LogP contribution in [0.3, 0.4) is 0 Å². The molecule has 0 aromatic heterocycles. The van der Waals surface area contributed by atoms with Crippen LogP contribution in [0.15, 0.2) is 28.7 Å². The molecule has 1 heterocycles. The molecular weight excluding hydrogens is 292 g/mol. The fourth-order valence-electron chi connectivity index (χ4n) is 2.31. The summed E-state index contributed by atoms with van der Waals surface area (Å²) >= 11 is 3.40. The summed E-state index contributed by atoms with van der Waals surface area (Å²) in [5.41, 5.74) is 1.08. The summed E-state index contributed by atoms with van der Waals surface area (Å²) in [4.78, 5) is 14.1. The summed E-state index contributed by atoms with van der Waals surface area (Å²) in [6, 6.07) is 8.54. The number of carbonyl (C=O) groups excluding carboxylic acids is 1. The van der Waals surface area contributed by atoms with Gasteiger partial charge in [0.25, 0.3) is 0 Å². The van der Waals surface area contributed by atoms with Gasteiger partial charge in [0.1, 0.15) is 0 Å². The molecule has 0 aliphatic carbocycles. The molecule has 0 atom stereocenters. The maximum absolute atomic E-state index is 12.1. The molecule has 0 unspecified atom stereocenters. The number of benzene rings is 1. The van der Waals surface area contributed by atoms with Gasteiger partial charge in [0.15, 0.2) is 0 Å². The molecule has 1 aromatic rings. The molecule has 1 saturated heterocycles. The summed E-state index contributed by atoms with van der Waals surface area (Å²) in [5.74, 6) is 0.242. The lowest BCUT2D eigenvalue weighted by molar-refractivity contribution is -0.131. The minimum atomic E-state index is 0.242. The van der Waals surface area contributed by atoms with Gasteiger partial charge in [0.2, 0.25) is 5.91 Å². The van der Waals surface area contributed by atoms with Gasteiger partial charge in [-0.3, -0.25) is 4.79 Å². The Morgan fingerprint density at radius 1 is 1.33 bits per heavy atom. The number of rotatable bonds is 3. The number of likely N-dealkylation sites (tertiary alicyclic amines) is 1. The van der Waals surface area contributed by atoms with Gasteiger partial charge in [-0.25, -0.2) is 0 Å². The Bertz CT molecular complexity index is 397. The average Bonchev–Trinajstić information content (AvgIpc) is 2.41. The Hall–Kier alpha value is -0.870. The summed E-state index contributed by atoms with van der Waals surface area (Å²) in [7, 11) is 1.99. The summed E-state index contributed by atoms with van der Waals surface area (Å²) in [6.07, 6.45) is 2.63. The van der Waals surface area contributed by atoms with Crippen molar-refractivity contribution in [1.29, 1.82) is 0 Å². The molecule has 1 fully saturated rings. The van der Waals surface area contributed by atoms with Gasteiger partial charge in [-0.15, -0.1) is 0 Å². The molecule has 1 aliphatic rings. The van der Waals surface area contributed by atoms with Crippen LogP contribution in [0.5, 0.6) is 0 Å². The lowest BCUT2D eigenvalue weighted by Gasteiger charge is -2.31. The van der Waals surface area contributed by atoms with Crippen LogP contribution >= 0.6 is 15.9 Å². The Morgan fingerprint density at radius 2 is 1.94 bits per heavy atom. The van der Waals surface area contributed by atoms with Gasteiger partial charge in [0, 0.05) is 23.6 Å². The third-order valence-corrected chi connectivity index (χ3v) is 4.05. The Morgan fingerprint density at radius 3 is 2.50 bits per heavy atom. The third-order valence-electron chi connectivity index (χ3n) is 3.52. The van der Waals surface area contributed by atoms with Crippen LogP contribution in [0.25, 0.3) is 0 Å². The summed E-state index contributed by atoms with van der Waals surface area (Å²) in [5, 5.41) is 3.28. The topological polar surface area (TPSA) is 32.3 Å². The smallest absolute Gasteiger partial charge is 0.226 e. The minimum Gasteiger partial charge on any atom is -0.342 e. The highest BCUT2D eigenvalue weighted by Crippen LogP contribution is 2.14. The Labute approximate surface area is 117 Å². The number of halogens is 1. The van der Waals surface area contributed by atoms with E-state index in [1.165, 1.54) is 0 Å². The van der Waals surface area contributed by atoms with Crippen molar-refractivity contribution in [2.45, 2.75) is 25.3 Å². The molecule has 2 rings (SSSR count). The van der Waals surface area contributed by atoms with E-state index in [4.69, 9.17) is 0 Å². The van der Waals surface area contributed by atoms with Crippen LogP contribution in [0.1, 0.15) is 18.4 Å². The van der Waals surface area contributed by atoms with Gasteiger partial charge in [-0.05, 0) is 37.6 Å². The van der Waals surface area contributed by atoms with E-state index in [2.05, 4.69) is 21.2 Å². The first-order chi connectivity index (χ1) is 8.69. The van der Waals surface area contributed by atoms with Crippen LogP contribution in [0.2, 0.25) is 0 Å². The highest BCUT2D eigenvalue weighted by Gasteiger charge is 2.21. The van der Waals surface area contributed by atoms with Crippen LogP contribution in [0, 0.1) is 0 Å². The zero-order valence-corrected chi connectivity index (χ0v) is 12.2. The number of nitrogens with one attached hydrogen (secondary N) is 1. The maximum atomic E-state index is 12.1. The van der Waals surface area contributed by atoms with Crippen molar-refractivity contribution in [3.05, 3.63) is 34.3 Å². The number of amides is 1. The number of carbonyl (C=O) groups is 1. The standard InChI is InChI=1S/C14H19BrN2O/c1-16-13-6-8-17(9-7-13)14(18)10-11-2-4-12(15)5-3-11/h2-5,13,16H,6-10H2,1H3. The number of hydrogen-bond acceptors (Lipinski definition) is 2. The van der Waals surface area contributed by atoms with Gasteiger partial charge in [-0.2, -0.15) is 0 Å². The van der Waals surface area contributed by atoms with Crippen LogP contribution < -0.4 is 5.32 Å². The van der Waals surface area contributed by atoms with E-state index in [0.29, 0.717) is 12.5 Å². The average molecular weight is 311 g/mol. The Kier molecular flexibility index (Phi) is 4.78. The molecule has 0 spiro atoms. The van der Waals surface area contributed by atoms with E-state index >= 15 is 0 Å². The van der Waals surface area contributed by atoms with E-state index in [1.807, 2.05) is 36.2 Å². The second-order valence-electron chi connectivity index (χ2n) is 4.75. The Balaban J connectivity index is 1.87. The molecule has 1 aromatic carbocycles. The quantitative estimate of drug-likeness (QED) is 0.928. The van der Waals surface area contributed by atoms with E-state index in [0.717, 1.165) is 36.0 Å². The first-order valence-electron chi connectivity index (χ1n) is 6.38. The van der Waals surface area contributed by atoms with E-state index < -0.39 is 0 Å².